The summed E-state index contributed by atoms with van der Waals surface area (Å²) in [5.74, 6) is -0.301. The van der Waals surface area contributed by atoms with Gasteiger partial charge >= 0.3 is 5.97 Å². The fourth-order valence-electron chi connectivity index (χ4n) is 0.986. The Morgan fingerprint density at radius 1 is 1.67 bits per heavy atom. The number of hydrogen-bond donors (Lipinski definition) is 2. The SMILES string of the molecule is COC(=O)C1=C(O)CCNC1.Cl. The van der Waals surface area contributed by atoms with Crippen molar-refractivity contribution in [3.05, 3.63) is 11.3 Å². The molecule has 12 heavy (non-hydrogen) atoms. The highest BCUT2D eigenvalue weighted by Crippen LogP contribution is 2.09. The van der Waals surface area contributed by atoms with E-state index in [1.165, 1.54) is 7.11 Å². The molecule has 1 aliphatic rings. The van der Waals surface area contributed by atoms with E-state index in [9.17, 15) is 9.90 Å². The largest absolute Gasteiger partial charge is 0.512 e. The first-order valence-corrected chi connectivity index (χ1v) is 3.45. The van der Waals surface area contributed by atoms with Crippen LogP contribution in [0.15, 0.2) is 11.3 Å². The van der Waals surface area contributed by atoms with Crippen LogP contribution in [-0.4, -0.2) is 31.3 Å². The molecule has 0 fully saturated rings. The third-order valence-corrected chi connectivity index (χ3v) is 1.62. The predicted molar refractivity (Wildman–Crippen MR) is 46.4 cm³/mol. The van der Waals surface area contributed by atoms with Gasteiger partial charge in [-0.2, -0.15) is 0 Å². The monoisotopic (exact) mass is 193 g/mol. The molecule has 70 valence electrons. The van der Waals surface area contributed by atoms with Gasteiger partial charge in [-0.05, 0) is 0 Å². The highest BCUT2D eigenvalue weighted by Gasteiger charge is 2.18. The van der Waals surface area contributed by atoms with Gasteiger partial charge in [-0.1, -0.05) is 0 Å². The summed E-state index contributed by atoms with van der Waals surface area (Å²) in [7, 11) is 1.30. The Kier molecular flexibility index (Phi) is 4.70. The quantitative estimate of drug-likeness (QED) is 0.592. The van der Waals surface area contributed by atoms with E-state index in [0.717, 1.165) is 0 Å². The normalized spacial score (nSPS) is 16.8. The molecule has 0 aromatic heterocycles. The van der Waals surface area contributed by atoms with Crippen LogP contribution in [0.3, 0.4) is 0 Å². The van der Waals surface area contributed by atoms with Gasteiger partial charge in [0.1, 0.15) is 5.76 Å². The Morgan fingerprint density at radius 3 is 2.83 bits per heavy atom. The molecule has 0 radical (unpaired) electrons. The number of carbonyl (C=O) groups excluding carboxylic acids is 1. The minimum absolute atomic E-state index is 0. The Morgan fingerprint density at radius 2 is 2.33 bits per heavy atom. The predicted octanol–water partition coefficient (Wildman–Crippen LogP) is 0.387. The lowest BCUT2D eigenvalue weighted by Gasteiger charge is -2.14. The summed E-state index contributed by atoms with van der Waals surface area (Å²) in [6, 6.07) is 0. The van der Waals surface area contributed by atoms with Crippen molar-refractivity contribution < 1.29 is 14.6 Å². The molecule has 0 bridgehead atoms. The number of aliphatic hydroxyl groups is 1. The van der Waals surface area contributed by atoms with Gasteiger partial charge < -0.3 is 15.2 Å². The number of nitrogens with one attached hydrogen (secondary N) is 1. The average Bonchev–Trinajstić information content (AvgIpc) is 2.04. The molecule has 5 heteroatoms. The van der Waals surface area contributed by atoms with E-state index >= 15 is 0 Å². The molecular formula is C7H12ClNO3. The summed E-state index contributed by atoms with van der Waals surface area (Å²) in [6.45, 7) is 1.12. The number of halogens is 1. The lowest BCUT2D eigenvalue weighted by molar-refractivity contribution is -0.136. The average molecular weight is 194 g/mol. The highest BCUT2D eigenvalue weighted by atomic mass is 35.5. The number of hydrogen-bond acceptors (Lipinski definition) is 4. The molecule has 0 amide bonds. The van der Waals surface area contributed by atoms with Crippen LogP contribution in [0.2, 0.25) is 0 Å². The van der Waals surface area contributed by atoms with Gasteiger partial charge in [-0.15, -0.1) is 12.4 Å². The van der Waals surface area contributed by atoms with Crippen LogP contribution in [0.1, 0.15) is 6.42 Å². The minimum Gasteiger partial charge on any atom is -0.512 e. The van der Waals surface area contributed by atoms with E-state index in [0.29, 0.717) is 25.1 Å². The fourth-order valence-corrected chi connectivity index (χ4v) is 0.986. The smallest absolute Gasteiger partial charge is 0.338 e. The second-order valence-electron chi connectivity index (χ2n) is 2.34. The molecule has 0 atom stereocenters. The maximum absolute atomic E-state index is 10.9. The summed E-state index contributed by atoms with van der Waals surface area (Å²) < 4.78 is 4.46. The van der Waals surface area contributed by atoms with Gasteiger partial charge in [0, 0.05) is 19.5 Å². The van der Waals surface area contributed by atoms with Gasteiger partial charge in [0.15, 0.2) is 0 Å². The highest BCUT2D eigenvalue weighted by molar-refractivity contribution is 5.89. The zero-order valence-corrected chi connectivity index (χ0v) is 7.61. The summed E-state index contributed by atoms with van der Waals surface area (Å²) in [6.07, 6.45) is 0.504. The van der Waals surface area contributed by atoms with Crippen molar-refractivity contribution in [1.29, 1.82) is 0 Å². The van der Waals surface area contributed by atoms with E-state index in [2.05, 4.69) is 10.1 Å². The second-order valence-corrected chi connectivity index (χ2v) is 2.34. The van der Waals surface area contributed by atoms with Crippen LogP contribution in [-0.2, 0) is 9.53 Å². The number of methoxy groups -OCH3 is 1. The van der Waals surface area contributed by atoms with E-state index in [1.54, 1.807) is 0 Å². The summed E-state index contributed by atoms with van der Waals surface area (Å²) >= 11 is 0. The first kappa shape index (κ1) is 11.3. The summed E-state index contributed by atoms with van der Waals surface area (Å²) in [5, 5.41) is 12.2. The van der Waals surface area contributed by atoms with Crippen LogP contribution in [0, 0.1) is 0 Å². The van der Waals surface area contributed by atoms with Gasteiger partial charge in [-0.25, -0.2) is 4.79 Å². The number of rotatable bonds is 1. The van der Waals surface area contributed by atoms with Gasteiger partial charge in [-0.3, -0.25) is 0 Å². The van der Waals surface area contributed by atoms with Crippen LogP contribution >= 0.6 is 12.4 Å². The first-order valence-electron chi connectivity index (χ1n) is 3.45. The molecule has 0 saturated heterocycles. The third kappa shape index (κ3) is 2.39. The van der Waals surface area contributed by atoms with Crippen LogP contribution in [0.25, 0.3) is 0 Å². The van der Waals surface area contributed by atoms with Crippen molar-refractivity contribution in [3.8, 4) is 0 Å². The van der Waals surface area contributed by atoms with E-state index in [1.807, 2.05) is 0 Å². The Balaban J connectivity index is 0.00000121. The number of carbonyl (C=O) groups is 1. The summed E-state index contributed by atoms with van der Waals surface area (Å²) in [5.41, 5.74) is 0.346. The molecule has 0 aromatic carbocycles. The molecule has 0 unspecified atom stereocenters. The molecule has 0 saturated carbocycles. The minimum atomic E-state index is -0.449. The van der Waals surface area contributed by atoms with Crippen LogP contribution in [0.4, 0.5) is 0 Å². The van der Waals surface area contributed by atoms with E-state index in [-0.39, 0.29) is 18.2 Å². The zero-order chi connectivity index (χ0) is 8.27. The maximum atomic E-state index is 10.9. The topological polar surface area (TPSA) is 58.6 Å². The molecule has 1 heterocycles. The van der Waals surface area contributed by atoms with Crippen molar-refractivity contribution in [3.63, 3.8) is 0 Å². The zero-order valence-electron chi connectivity index (χ0n) is 6.79. The Bertz CT molecular complexity index is 203. The molecule has 2 N–H and O–H groups in total. The molecule has 0 aliphatic carbocycles. The fraction of sp³-hybridized carbons (Fsp3) is 0.571. The van der Waals surface area contributed by atoms with Crippen molar-refractivity contribution >= 4 is 18.4 Å². The Labute approximate surface area is 77.0 Å². The molecule has 0 spiro atoms. The van der Waals surface area contributed by atoms with Crippen molar-refractivity contribution in [2.45, 2.75) is 6.42 Å². The third-order valence-electron chi connectivity index (χ3n) is 1.62. The number of aliphatic hydroxyl groups excluding tert-OH is 1. The van der Waals surface area contributed by atoms with Crippen molar-refractivity contribution in [2.24, 2.45) is 0 Å². The van der Waals surface area contributed by atoms with Gasteiger partial charge in [0.25, 0.3) is 0 Å². The van der Waals surface area contributed by atoms with Crippen LogP contribution < -0.4 is 5.32 Å². The summed E-state index contributed by atoms with van der Waals surface area (Å²) in [4.78, 5) is 10.9. The lowest BCUT2D eigenvalue weighted by Crippen LogP contribution is -2.29. The number of ether oxygens (including phenoxy) is 1. The number of esters is 1. The van der Waals surface area contributed by atoms with Crippen LogP contribution in [0.5, 0.6) is 0 Å². The van der Waals surface area contributed by atoms with Gasteiger partial charge in [0.05, 0.1) is 12.7 Å². The molecular weight excluding hydrogens is 182 g/mol. The lowest BCUT2D eigenvalue weighted by atomic mass is 10.1. The first-order chi connectivity index (χ1) is 5.25. The van der Waals surface area contributed by atoms with Crippen molar-refractivity contribution in [1.82, 2.24) is 5.32 Å². The molecule has 4 nitrogen and oxygen atoms in total. The van der Waals surface area contributed by atoms with E-state index < -0.39 is 5.97 Å². The second kappa shape index (κ2) is 5.00. The van der Waals surface area contributed by atoms with E-state index in [4.69, 9.17) is 0 Å². The standard InChI is InChI=1S/C7H11NO3.ClH/c1-11-7(10)5-4-8-3-2-6(5)9;/h8-9H,2-4H2,1H3;1H. The Hall–Kier alpha value is -0.740. The maximum Gasteiger partial charge on any atom is 0.338 e. The molecule has 0 aromatic rings. The van der Waals surface area contributed by atoms with Gasteiger partial charge in [0.2, 0.25) is 0 Å². The van der Waals surface area contributed by atoms with Crippen molar-refractivity contribution in [2.75, 3.05) is 20.2 Å². The molecule has 1 aliphatic heterocycles. The molecule has 1 rings (SSSR count).